The zero-order valence-electron chi connectivity index (χ0n) is 14.4. The Hall–Kier alpha value is -1.000. The minimum Gasteiger partial charge on any atom is -0.372 e. The van der Waals surface area contributed by atoms with Crippen LogP contribution in [0.5, 0.6) is 0 Å². The lowest BCUT2D eigenvalue weighted by atomic mass is 9.97. The summed E-state index contributed by atoms with van der Waals surface area (Å²) in [7, 11) is -3.66. The minimum atomic E-state index is -3.66. The van der Waals surface area contributed by atoms with Gasteiger partial charge in [0.15, 0.2) is 16.1 Å². The van der Waals surface area contributed by atoms with Gasteiger partial charge < -0.3 is 10.1 Å². The van der Waals surface area contributed by atoms with E-state index in [1.54, 1.807) is 12.1 Å². The molecule has 1 aliphatic rings. The van der Waals surface area contributed by atoms with Crippen molar-refractivity contribution in [1.29, 1.82) is 0 Å². The fourth-order valence-corrected chi connectivity index (χ4v) is 5.55. The molecule has 144 valence electrons. The second-order valence-corrected chi connectivity index (χ2v) is 9.94. The van der Waals surface area contributed by atoms with Gasteiger partial charge in [-0.1, -0.05) is 35.9 Å². The highest BCUT2D eigenvalue weighted by molar-refractivity contribution is 14.1. The molecule has 0 aromatic heterocycles. The van der Waals surface area contributed by atoms with Crippen LogP contribution in [0.3, 0.4) is 0 Å². The van der Waals surface area contributed by atoms with Crippen LogP contribution >= 0.6 is 34.2 Å². The number of rotatable bonds is 5. The number of hydrogen-bond donors (Lipinski definition) is 1. The highest BCUT2D eigenvalue weighted by Crippen LogP contribution is 2.33. The van der Waals surface area contributed by atoms with Crippen molar-refractivity contribution in [2.45, 2.75) is 11.0 Å². The molecule has 0 bridgehead atoms. The van der Waals surface area contributed by atoms with Crippen LogP contribution < -0.4 is 5.32 Å². The Morgan fingerprint density at radius 3 is 2.78 bits per heavy atom. The van der Waals surface area contributed by atoms with Crippen LogP contribution in [0.1, 0.15) is 22.0 Å². The number of hydrogen-bond acceptors (Lipinski definition) is 5. The van der Waals surface area contributed by atoms with Gasteiger partial charge in [-0.3, -0.25) is 4.79 Å². The third-order valence-corrected chi connectivity index (χ3v) is 7.98. The molecule has 0 unspecified atom stereocenters. The van der Waals surface area contributed by atoms with Crippen LogP contribution in [0.2, 0.25) is 5.02 Å². The van der Waals surface area contributed by atoms with E-state index < -0.39 is 15.9 Å². The van der Waals surface area contributed by atoms with E-state index in [0.29, 0.717) is 31.0 Å². The van der Waals surface area contributed by atoms with Crippen molar-refractivity contribution in [3.63, 3.8) is 0 Å². The first-order valence-corrected chi connectivity index (χ1v) is 11.6. The summed E-state index contributed by atoms with van der Waals surface area (Å²) in [5.74, 6) is -0.438. The fraction of sp³-hybridized carbons (Fsp3) is 0.316. The molecule has 0 radical (unpaired) electrons. The van der Waals surface area contributed by atoms with Gasteiger partial charge >= 0.3 is 0 Å². The number of ether oxygens (including phenoxy) is 1. The van der Waals surface area contributed by atoms with Gasteiger partial charge in [-0.25, -0.2) is 8.42 Å². The summed E-state index contributed by atoms with van der Waals surface area (Å²) in [6.07, 6.45) is 0.179. The summed E-state index contributed by atoms with van der Waals surface area (Å²) < 4.78 is 32.9. The van der Waals surface area contributed by atoms with Crippen molar-refractivity contribution >= 4 is 50.3 Å². The average molecular weight is 520 g/mol. The number of halogens is 2. The number of benzene rings is 2. The first-order valence-electron chi connectivity index (χ1n) is 8.46. The lowest BCUT2D eigenvalue weighted by Gasteiger charge is -2.25. The van der Waals surface area contributed by atoms with Gasteiger partial charge in [0.1, 0.15) is 0 Å². The molecule has 0 amide bonds. The molecule has 27 heavy (non-hydrogen) atoms. The highest BCUT2D eigenvalue weighted by Gasteiger charge is 2.32. The molecule has 3 rings (SSSR count). The molecule has 5 nitrogen and oxygen atoms in total. The molecule has 1 fully saturated rings. The van der Waals surface area contributed by atoms with E-state index in [4.69, 9.17) is 16.3 Å². The largest absolute Gasteiger partial charge is 0.372 e. The summed E-state index contributed by atoms with van der Waals surface area (Å²) in [6, 6.07) is 11.9. The van der Waals surface area contributed by atoms with Gasteiger partial charge in [-0.05, 0) is 46.4 Å². The van der Waals surface area contributed by atoms with Crippen molar-refractivity contribution in [1.82, 2.24) is 5.32 Å². The SMILES string of the molecule is O=Cc1ccccc1S(=O)(=O)C[C@@H]1CNCCO[C@H]1c1ccc(I)c(Cl)c1. The standard InChI is InChI=1S/C19H19ClINO4S/c20-16-9-13(5-6-17(16)21)19-15(10-22-7-8-26-19)12-27(24,25)18-4-2-1-3-14(18)11-23/h1-6,9,11,15,19,22H,7-8,10,12H2/t15-,19-/m0/s1. The zero-order valence-corrected chi connectivity index (χ0v) is 18.1. The Morgan fingerprint density at radius 1 is 1.26 bits per heavy atom. The number of nitrogens with one attached hydrogen (secondary N) is 1. The van der Waals surface area contributed by atoms with E-state index in [-0.39, 0.29) is 22.1 Å². The molecule has 2 aromatic carbocycles. The number of carbonyl (C=O) groups is 1. The lowest BCUT2D eigenvalue weighted by Crippen LogP contribution is -2.31. The highest BCUT2D eigenvalue weighted by atomic mass is 127. The molecule has 0 aliphatic carbocycles. The Balaban J connectivity index is 1.94. The van der Waals surface area contributed by atoms with Crippen molar-refractivity contribution in [3.05, 3.63) is 62.2 Å². The van der Waals surface area contributed by atoms with Crippen LogP contribution in [-0.2, 0) is 14.6 Å². The maximum absolute atomic E-state index is 13.0. The summed E-state index contributed by atoms with van der Waals surface area (Å²) in [5.41, 5.74) is 1.03. The number of sulfone groups is 1. The van der Waals surface area contributed by atoms with E-state index >= 15 is 0 Å². The van der Waals surface area contributed by atoms with E-state index in [9.17, 15) is 13.2 Å². The Morgan fingerprint density at radius 2 is 2.04 bits per heavy atom. The third kappa shape index (κ3) is 4.89. The first kappa shape index (κ1) is 20.7. The fourth-order valence-electron chi connectivity index (χ4n) is 3.23. The molecule has 2 atom stereocenters. The maximum atomic E-state index is 13.0. The van der Waals surface area contributed by atoms with Gasteiger partial charge in [-0.15, -0.1) is 0 Å². The third-order valence-electron chi connectivity index (χ3n) is 4.50. The average Bonchev–Trinajstić information content (AvgIpc) is 2.89. The predicted octanol–water partition coefficient (Wildman–Crippen LogP) is 3.51. The van der Waals surface area contributed by atoms with Gasteiger partial charge in [0.2, 0.25) is 0 Å². The molecule has 8 heteroatoms. The number of aldehydes is 1. The Bertz CT molecular complexity index is 935. The van der Waals surface area contributed by atoms with Gasteiger partial charge in [0, 0.05) is 28.1 Å². The zero-order chi connectivity index (χ0) is 19.4. The van der Waals surface area contributed by atoms with Crippen molar-refractivity contribution < 1.29 is 17.9 Å². The van der Waals surface area contributed by atoms with Crippen molar-refractivity contribution in [3.8, 4) is 0 Å². The van der Waals surface area contributed by atoms with Crippen molar-refractivity contribution in [2.24, 2.45) is 5.92 Å². The van der Waals surface area contributed by atoms with Gasteiger partial charge in [0.25, 0.3) is 0 Å². The summed E-state index contributed by atoms with van der Waals surface area (Å²) in [6.45, 7) is 1.63. The first-order chi connectivity index (χ1) is 12.9. The summed E-state index contributed by atoms with van der Waals surface area (Å²) in [4.78, 5) is 11.3. The van der Waals surface area contributed by atoms with Crippen molar-refractivity contribution in [2.75, 3.05) is 25.4 Å². The predicted molar refractivity (Wildman–Crippen MR) is 113 cm³/mol. The Labute approximate surface area is 177 Å². The van der Waals surface area contributed by atoms with E-state index in [2.05, 4.69) is 27.9 Å². The van der Waals surface area contributed by atoms with Crippen LogP contribution in [0, 0.1) is 9.49 Å². The smallest absolute Gasteiger partial charge is 0.179 e. The Kier molecular flexibility index (Phi) is 6.91. The molecule has 1 N–H and O–H groups in total. The molecule has 0 spiro atoms. The lowest BCUT2D eigenvalue weighted by molar-refractivity contribution is 0.0369. The van der Waals surface area contributed by atoms with Crippen LogP contribution in [0.25, 0.3) is 0 Å². The molecule has 1 aliphatic heterocycles. The van der Waals surface area contributed by atoms with Crippen LogP contribution in [-0.4, -0.2) is 40.2 Å². The summed E-state index contributed by atoms with van der Waals surface area (Å²) in [5, 5.41) is 3.85. The molecule has 1 heterocycles. The van der Waals surface area contributed by atoms with Gasteiger partial charge in [0.05, 0.1) is 28.4 Å². The van der Waals surface area contributed by atoms with E-state index in [1.807, 2.05) is 18.2 Å². The topological polar surface area (TPSA) is 72.5 Å². The monoisotopic (exact) mass is 519 g/mol. The molecule has 2 aromatic rings. The van der Waals surface area contributed by atoms with Crippen LogP contribution in [0.15, 0.2) is 47.4 Å². The second kappa shape index (κ2) is 9.00. The molecular weight excluding hydrogens is 501 g/mol. The van der Waals surface area contributed by atoms with E-state index in [1.165, 1.54) is 12.1 Å². The maximum Gasteiger partial charge on any atom is 0.179 e. The molecule has 1 saturated heterocycles. The minimum absolute atomic E-state index is 0.0589. The van der Waals surface area contributed by atoms with Crippen LogP contribution in [0.4, 0.5) is 0 Å². The number of carbonyl (C=O) groups excluding carboxylic acids is 1. The normalized spacial score (nSPS) is 20.8. The molecule has 0 saturated carbocycles. The molecular formula is C19H19ClINO4S. The quantitative estimate of drug-likeness (QED) is 0.484. The second-order valence-electron chi connectivity index (χ2n) is 6.37. The van der Waals surface area contributed by atoms with Gasteiger partial charge in [-0.2, -0.15) is 0 Å². The van der Waals surface area contributed by atoms with E-state index in [0.717, 1.165) is 9.13 Å². The summed E-state index contributed by atoms with van der Waals surface area (Å²) >= 11 is 8.40.